The number of hydrogen-bond acceptors (Lipinski definition) is 4. The molecule has 0 amide bonds. The van der Waals surface area contributed by atoms with E-state index in [1.54, 1.807) is 6.07 Å². The highest BCUT2D eigenvalue weighted by Gasteiger charge is 2.30. The van der Waals surface area contributed by atoms with Crippen molar-refractivity contribution in [2.24, 2.45) is 11.7 Å². The van der Waals surface area contributed by atoms with E-state index in [1.165, 1.54) is 0 Å². The van der Waals surface area contributed by atoms with Gasteiger partial charge >= 0.3 is 0 Å². The number of aryl methyl sites for hydroxylation is 1. The fourth-order valence-electron chi connectivity index (χ4n) is 2.24. The van der Waals surface area contributed by atoms with Crippen LogP contribution < -0.4 is 10.6 Å². The van der Waals surface area contributed by atoms with Crippen LogP contribution in [0.15, 0.2) is 18.2 Å². The molecule has 1 saturated heterocycles. The van der Waals surface area contributed by atoms with Gasteiger partial charge in [0.1, 0.15) is 5.69 Å². The summed E-state index contributed by atoms with van der Waals surface area (Å²) in [6, 6.07) is 5.43. The smallest absolute Gasteiger partial charge is 0.292 e. The molecule has 0 bridgehead atoms. The summed E-state index contributed by atoms with van der Waals surface area (Å²) in [5, 5.41) is 11.0. The van der Waals surface area contributed by atoms with Crippen LogP contribution in [0.25, 0.3) is 0 Å². The predicted molar refractivity (Wildman–Crippen MR) is 67.2 cm³/mol. The number of nitro benzene ring substituents is 1. The molecular formula is C12H17N3O2. The standard InChI is InChI=1S/C12H17N3O2/c1-8-3-4-11(12(5-8)15(16)17)14-6-9(2)10(13)7-14/h3-5,9-10H,6-7,13H2,1-2H3. The summed E-state index contributed by atoms with van der Waals surface area (Å²) in [5.74, 6) is 0.371. The lowest BCUT2D eigenvalue weighted by Crippen LogP contribution is -2.28. The van der Waals surface area contributed by atoms with Crippen LogP contribution in [0.5, 0.6) is 0 Å². The molecule has 1 aromatic rings. The number of nitrogens with two attached hydrogens (primary N) is 1. The van der Waals surface area contributed by atoms with Crippen LogP contribution in [0.1, 0.15) is 12.5 Å². The van der Waals surface area contributed by atoms with E-state index >= 15 is 0 Å². The van der Waals surface area contributed by atoms with Gasteiger partial charge in [-0.15, -0.1) is 0 Å². The number of benzene rings is 1. The fourth-order valence-corrected chi connectivity index (χ4v) is 2.24. The molecule has 1 aromatic carbocycles. The molecule has 2 rings (SSSR count). The van der Waals surface area contributed by atoms with Crippen molar-refractivity contribution in [2.45, 2.75) is 19.9 Å². The van der Waals surface area contributed by atoms with Crippen molar-refractivity contribution < 1.29 is 4.92 Å². The molecule has 0 saturated carbocycles. The average molecular weight is 235 g/mol. The monoisotopic (exact) mass is 235 g/mol. The van der Waals surface area contributed by atoms with E-state index in [2.05, 4.69) is 6.92 Å². The van der Waals surface area contributed by atoms with E-state index < -0.39 is 0 Å². The maximum absolute atomic E-state index is 11.0. The van der Waals surface area contributed by atoms with E-state index in [0.29, 0.717) is 18.2 Å². The third kappa shape index (κ3) is 2.24. The Hall–Kier alpha value is -1.62. The molecule has 0 spiro atoms. The van der Waals surface area contributed by atoms with Crippen molar-refractivity contribution in [1.29, 1.82) is 0 Å². The third-order valence-electron chi connectivity index (χ3n) is 3.34. The summed E-state index contributed by atoms with van der Waals surface area (Å²) in [4.78, 5) is 12.7. The lowest BCUT2D eigenvalue weighted by molar-refractivity contribution is -0.384. The molecule has 92 valence electrons. The molecule has 1 aliphatic rings. The molecule has 1 fully saturated rings. The Morgan fingerprint density at radius 1 is 1.47 bits per heavy atom. The van der Waals surface area contributed by atoms with Gasteiger partial charge in [0.15, 0.2) is 0 Å². The first-order valence-corrected chi connectivity index (χ1v) is 5.74. The third-order valence-corrected chi connectivity index (χ3v) is 3.34. The number of hydrogen-bond donors (Lipinski definition) is 1. The second-order valence-electron chi connectivity index (χ2n) is 4.80. The van der Waals surface area contributed by atoms with Gasteiger partial charge in [0.05, 0.1) is 4.92 Å². The maximum atomic E-state index is 11.0. The first kappa shape index (κ1) is 11.9. The quantitative estimate of drug-likeness (QED) is 0.625. The van der Waals surface area contributed by atoms with Gasteiger partial charge in [-0.1, -0.05) is 13.0 Å². The lowest BCUT2D eigenvalue weighted by atomic mass is 10.1. The molecule has 0 radical (unpaired) electrons. The summed E-state index contributed by atoms with van der Waals surface area (Å²) in [7, 11) is 0. The molecule has 2 unspecified atom stereocenters. The minimum absolute atomic E-state index is 0.0934. The highest BCUT2D eigenvalue weighted by molar-refractivity contribution is 5.65. The van der Waals surface area contributed by atoms with Gasteiger partial charge in [-0.25, -0.2) is 0 Å². The Morgan fingerprint density at radius 3 is 2.71 bits per heavy atom. The zero-order valence-electron chi connectivity index (χ0n) is 10.1. The lowest BCUT2D eigenvalue weighted by Gasteiger charge is -2.18. The van der Waals surface area contributed by atoms with Gasteiger partial charge in [-0.05, 0) is 24.5 Å². The first-order chi connectivity index (χ1) is 7.99. The minimum atomic E-state index is -0.323. The molecule has 5 heteroatoms. The Morgan fingerprint density at radius 2 is 2.18 bits per heavy atom. The van der Waals surface area contributed by atoms with Gasteiger partial charge < -0.3 is 10.6 Å². The molecule has 2 N–H and O–H groups in total. The van der Waals surface area contributed by atoms with Crippen molar-refractivity contribution in [3.8, 4) is 0 Å². The first-order valence-electron chi connectivity index (χ1n) is 5.74. The molecule has 1 heterocycles. The van der Waals surface area contributed by atoms with E-state index in [4.69, 9.17) is 5.73 Å². The van der Waals surface area contributed by atoms with Gasteiger partial charge in [0.25, 0.3) is 5.69 Å². The summed E-state index contributed by atoms with van der Waals surface area (Å²) >= 11 is 0. The van der Waals surface area contributed by atoms with Crippen LogP contribution in [-0.4, -0.2) is 24.1 Å². The maximum Gasteiger partial charge on any atom is 0.292 e. The van der Waals surface area contributed by atoms with E-state index in [9.17, 15) is 10.1 Å². The normalized spacial score (nSPS) is 24.1. The van der Waals surface area contributed by atoms with Crippen molar-refractivity contribution in [1.82, 2.24) is 0 Å². The zero-order chi connectivity index (χ0) is 12.6. The second-order valence-corrected chi connectivity index (χ2v) is 4.80. The molecule has 0 aromatic heterocycles. The van der Waals surface area contributed by atoms with Crippen LogP contribution >= 0.6 is 0 Å². The van der Waals surface area contributed by atoms with Crippen molar-refractivity contribution in [3.63, 3.8) is 0 Å². The highest BCUT2D eigenvalue weighted by Crippen LogP contribution is 2.32. The fraction of sp³-hybridized carbons (Fsp3) is 0.500. The van der Waals surface area contributed by atoms with E-state index in [-0.39, 0.29) is 16.7 Å². The molecule has 2 atom stereocenters. The zero-order valence-corrected chi connectivity index (χ0v) is 10.1. The van der Waals surface area contributed by atoms with Gasteiger partial charge in [0.2, 0.25) is 0 Å². The predicted octanol–water partition coefficient (Wildman–Crippen LogP) is 1.69. The van der Waals surface area contributed by atoms with Crippen molar-refractivity contribution in [2.75, 3.05) is 18.0 Å². The van der Waals surface area contributed by atoms with Crippen LogP contribution in [0.3, 0.4) is 0 Å². The van der Waals surface area contributed by atoms with Gasteiger partial charge in [0, 0.05) is 25.2 Å². The number of nitro groups is 1. The van der Waals surface area contributed by atoms with Gasteiger partial charge in [-0.3, -0.25) is 10.1 Å². The SMILES string of the molecule is Cc1ccc(N2CC(C)C(N)C2)c([N+](=O)[O-])c1. The average Bonchev–Trinajstić information content (AvgIpc) is 2.59. The number of nitrogens with zero attached hydrogens (tertiary/aromatic N) is 2. The van der Waals surface area contributed by atoms with Crippen LogP contribution in [0, 0.1) is 23.0 Å². The topological polar surface area (TPSA) is 72.4 Å². The van der Waals surface area contributed by atoms with Crippen LogP contribution in [0.2, 0.25) is 0 Å². The molecule has 0 aliphatic carbocycles. The van der Waals surface area contributed by atoms with E-state index in [0.717, 1.165) is 12.1 Å². The van der Waals surface area contributed by atoms with Crippen LogP contribution in [0.4, 0.5) is 11.4 Å². The summed E-state index contributed by atoms with van der Waals surface area (Å²) in [6.07, 6.45) is 0. The summed E-state index contributed by atoms with van der Waals surface area (Å²) < 4.78 is 0. The number of rotatable bonds is 2. The van der Waals surface area contributed by atoms with Gasteiger partial charge in [-0.2, -0.15) is 0 Å². The summed E-state index contributed by atoms with van der Waals surface area (Å²) in [6.45, 7) is 5.40. The van der Waals surface area contributed by atoms with Crippen molar-refractivity contribution >= 4 is 11.4 Å². The minimum Gasteiger partial charge on any atom is -0.364 e. The molecule has 5 nitrogen and oxygen atoms in total. The highest BCUT2D eigenvalue weighted by atomic mass is 16.6. The molecule has 17 heavy (non-hydrogen) atoms. The largest absolute Gasteiger partial charge is 0.364 e. The second kappa shape index (κ2) is 4.33. The van der Waals surface area contributed by atoms with Crippen molar-refractivity contribution in [3.05, 3.63) is 33.9 Å². The van der Waals surface area contributed by atoms with E-state index in [1.807, 2.05) is 24.0 Å². The Kier molecular flexibility index (Phi) is 3.02. The number of anilines is 1. The summed E-state index contributed by atoms with van der Waals surface area (Å²) in [5.41, 5.74) is 7.70. The molecular weight excluding hydrogens is 218 g/mol. The molecule has 1 aliphatic heterocycles. The Labute approximate surface area is 100 Å². The Balaban J connectivity index is 2.36. The Bertz CT molecular complexity index is 437. The van der Waals surface area contributed by atoms with Crippen LogP contribution in [-0.2, 0) is 0 Å².